The van der Waals surface area contributed by atoms with Crippen LogP contribution in [0.4, 0.5) is 0 Å². The molecule has 0 aliphatic carbocycles. The molecule has 0 heterocycles. The summed E-state index contributed by atoms with van der Waals surface area (Å²) in [5.41, 5.74) is 0. The van der Waals surface area contributed by atoms with E-state index in [-0.39, 0.29) is 12.3 Å². The van der Waals surface area contributed by atoms with E-state index < -0.39 is 5.97 Å². The summed E-state index contributed by atoms with van der Waals surface area (Å²) < 4.78 is 0. The molecule has 18 heavy (non-hydrogen) atoms. The maximum Gasteiger partial charge on any atom is 0.303 e. The first-order valence-corrected chi connectivity index (χ1v) is 6.69. The maximum atomic E-state index is 11.8. The van der Waals surface area contributed by atoms with Crippen LogP contribution in [-0.2, 0) is 9.59 Å². The highest BCUT2D eigenvalue weighted by Gasteiger charge is 2.11. The van der Waals surface area contributed by atoms with Crippen molar-refractivity contribution in [3.63, 3.8) is 0 Å². The Kier molecular flexibility index (Phi) is 9.28. The summed E-state index contributed by atoms with van der Waals surface area (Å²) in [6.07, 6.45) is 2.79. The number of aliphatic carboxylic acids is 1. The van der Waals surface area contributed by atoms with Gasteiger partial charge in [-0.25, -0.2) is 0 Å². The van der Waals surface area contributed by atoms with Gasteiger partial charge in [0.05, 0.1) is 6.54 Å². The number of rotatable bonds is 10. The molecule has 0 saturated heterocycles. The molecule has 5 nitrogen and oxygen atoms in total. The Bertz CT molecular complexity index is 253. The number of likely N-dealkylation sites (N-methyl/N-ethyl adjacent to an activating group) is 2. The van der Waals surface area contributed by atoms with Gasteiger partial charge in [-0.05, 0) is 40.3 Å². The van der Waals surface area contributed by atoms with E-state index in [9.17, 15) is 9.59 Å². The van der Waals surface area contributed by atoms with Crippen LogP contribution in [0.3, 0.4) is 0 Å². The first-order valence-electron chi connectivity index (χ1n) is 6.69. The number of carboxylic acids is 1. The molecule has 0 bridgehead atoms. The number of amides is 1. The first-order chi connectivity index (χ1) is 8.51. The van der Waals surface area contributed by atoms with Crippen LogP contribution in [0.2, 0.25) is 0 Å². The van der Waals surface area contributed by atoms with E-state index >= 15 is 0 Å². The molecule has 1 N–H and O–H groups in total. The number of carboxylic acid groups (broad SMARTS) is 1. The molecule has 0 aromatic carbocycles. The number of carbonyl (C=O) groups is 2. The predicted molar refractivity (Wildman–Crippen MR) is 71.5 cm³/mol. The van der Waals surface area contributed by atoms with E-state index in [2.05, 4.69) is 0 Å². The van der Waals surface area contributed by atoms with Crippen molar-refractivity contribution in [2.45, 2.75) is 39.5 Å². The standard InChI is InChI=1S/C13H26N2O3/c1-4-15(5-2)12(16)11-14(3)10-8-6-7-9-13(17)18/h4-11H2,1-3H3,(H,17,18). The van der Waals surface area contributed by atoms with Crippen molar-refractivity contribution in [3.05, 3.63) is 0 Å². The molecule has 0 aliphatic heterocycles. The van der Waals surface area contributed by atoms with Crippen molar-refractivity contribution in [2.75, 3.05) is 33.2 Å². The molecule has 106 valence electrons. The summed E-state index contributed by atoms with van der Waals surface area (Å²) in [6.45, 7) is 6.75. The van der Waals surface area contributed by atoms with Crippen LogP contribution < -0.4 is 0 Å². The average Bonchev–Trinajstić information content (AvgIpc) is 2.29. The van der Waals surface area contributed by atoms with Crippen molar-refractivity contribution in [1.82, 2.24) is 9.80 Å². The van der Waals surface area contributed by atoms with E-state index in [0.717, 1.165) is 32.5 Å². The zero-order valence-corrected chi connectivity index (χ0v) is 11.8. The maximum absolute atomic E-state index is 11.8. The van der Waals surface area contributed by atoms with E-state index in [1.54, 1.807) is 0 Å². The molecule has 0 fully saturated rings. The number of hydrogen-bond donors (Lipinski definition) is 1. The van der Waals surface area contributed by atoms with Gasteiger partial charge in [0.1, 0.15) is 0 Å². The second-order valence-electron chi connectivity index (χ2n) is 4.51. The van der Waals surface area contributed by atoms with E-state index in [0.29, 0.717) is 13.0 Å². The van der Waals surface area contributed by atoms with Crippen molar-refractivity contribution in [2.24, 2.45) is 0 Å². The van der Waals surface area contributed by atoms with Crippen LogP contribution in [0, 0.1) is 0 Å². The summed E-state index contributed by atoms with van der Waals surface area (Å²) in [5, 5.41) is 8.50. The van der Waals surface area contributed by atoms with Gasteiger partial charge in [-0.2, -0.15) is 0 Å². The second kappa shape index (κ2) is 9.88. The average molecular weight is 258 g/mol. The molecule has 0 rings (SSSR count). The molecule has 0 aromatic rings. The van der Waals surface area contributed by atoms with Gasteiger partial charge in [0, 0.05) is 19.5 Å². The summed E-state index contributed by atoms with van der Waals surface area (Å²) in [4.78, 5) is 25.9. The zero-order valence-electron chi connectivity index (χ0n) is 11.8. The fourth-order valence-electron chi connectivity index (χ4n) is 1.82. The highest BCUT2D eigenvalue weighted by Crippen LogP contribution is 2.01. The SMILES string of the molecule is CCN(CC)C(=O)CN(C)CCCCCC(=O)O. The number of unbranched alkanes of at least 4 members (excludes halogenated alkanes) is 2. The Morgan fingerprint density at radius 3 is 2.17 bits per heavy atom. The fourth-order valence-corrected chi connectivity index (χ4v) is 1.82. The van der Waals surface area contributed by atoms with Crippen LogP contribution >= 0.6 is 0 Å². The topological polar surface area (TPSA) is 60.9 Å². The fraction of sp³-hybridized carbons (Fsp3) is 0.846. The monoisotopic (exact) mass is 258 g/mol. The third kappa shape index (κ3) is 8.06. The minimum atomic E-state index is -0.736. The van der Waals surface area contributed by atoms with Crippen molar-refractivity contribution < 1.29 is 14.7 Å². The van der Waals surface area contributed by atoms with Crippen LogP contribution in [-0.4, -0.2) is 60.0 Å². The lowest BCUT2D eigenvalue weighted by Gasteiger charge is -2.22. The van der Waals surface area contributed by atoms with Gasteiger partial charge in [-0.1, -0.05) is 6.42 Å². The number of hydrogen-bond acceptors (Lipinski definition) is 3. The lowest BCUT2D eigenvalue weighted by Crippen LogP contribution is -2.39. The molecule has 0 radical (unpaired) electrons. The Balaban J connectivity index is 3.67. The molecular weight excluding hydrogens is 232 g/mol. The first kappa shape index (κ1) is 16.9. The quantitative estimate of drug-likeness (QED) is 0.602. The zero-order chi connectivity index (χ0) is 14.0. The van der Waals surface area contributed by atoms with Gasteiger partial charge < -0.3 is 10.0 Å². The van der Waals surface area contributed by atoms with Crippen LogP contribution in [0.25, 0.3) is 0 Å². The van der Waals surface area contributed by atoms with Gasteiger partial charge in [0.25, 0.3) is 0 Å². The highest BCUT2D eigenvalue weighted by molar-refractivity contribution is 5.78. The van der Waals surface area contributed by atoms with Gasteiger partial charge in [-0.3, -0.25) is 14.5 Å². The van der Waals surface area contributed by atoms with Crippen LogP contribution in [0.5, 0.6) is 0 Å². The van der Waals surface area contributed by atoms with Crippen molar-refractivity contribution >= 4 is 11.9 Å². The van der Waals surface area contributed by atoms with Crippen LogP contribution in [0.1, 0.15) is 39.5 Å². The molecule has 0 aromatic heterocycles. The van der Waals surface area contributed by atoms with E-state index in [1.165, 1.54) is 0 Å². The van der Waals surface area contributed by atoms with Crippen LogP contribution in [0.15, 0.2) is 0 Å². The molecular formula is C13H26N2O3. The van der Waals surface area contributed by atoms with Gasteiger partial charge >= 0.3 is 5.97 Å². The minimum absolute atomic E-state index is 0.160. The molecule has 0 unspecified atom stereocenters. The summed E-state index contributed by atoms with van der Waals surface area (Å²) in [5.74, 6) is -0.576. The highest BCUT2D eigenvalue weighted by atomic mass is 16.4. The second-order valence-corrected chi connectivity index (χ2v) is 4.51. The molecule has 5 heteroatoms. The largest absolute Gasteiger partial charge is 0.481 e. The Morgan fingerprint density at radius 2 is 1.67 bits per heavy atom. The molecule has 0 saturated carbocycles. The number of carbonyl (C=O) groups excluding carboxylic acids is 1. The third-order valence-corrected chi connectivity index (χ3v) is 2.95. The summed E-state index contributed by atoms with van der Waals surface area (Å²) in [6, 6.07) is 0. The summed E-state index contributed by atoms with van der Waals surface area (Å²) >= 11 is 0. The molecule has 0 spiro atoms. The Morgan fingerprint density at radius 1 is 1.06 bits per heavy atom. The lowest BCUT2D eigenvalue weighted by molar-refractivity contribution is -0.137. The number of nitrogens with zero attached hydrogens (tertiary/aromatic N) is 2. The smallest absolute Gasteiger partial charge is 0.303 e. The Hall–Kier alpha value is -1.10. The molecule has 0 atom stereocenters. The molecule has 0 aliphatic rings. The lowest BCUT2D eigenvalue weighted by atomic mass is 10.2. The van der Waals surface area contributed by atoms with Gasteiger partial charge in [-0.15, -0.1) is 0 Å². The van der Waals surface area contributed by atoms with Crippen molar-refractivity contribution in [1.29, 1.82) is 0 Å². The van der Waals surface area contributed by atoms with Gasteiger partial charge in [0.2, 0.25) is 5.91 Å². The van der Waals surface area contributed by atoms with E-state index in [4.69, 9.17) is 5.11 Å². The minimum Gasteiger partial charge on any atom is -0.481 e. The summed E-state index contributed by atoms with van der Waals surface area (Å²) in [7, 11) is 1.93. The van der Waals surface area contributed by atoms with Crippen molar-refractivity contribution in [3.8, 4) is 0 Å². The Labute approximate surface area is 110 Å². The normalized spacial score (nSPS) is 10.7. The third-order valence-electron chi connectivity index (χ3n) is 2.95. The van der Waals surface area contributed by atoms with E-state index in [1.807, 2.05) is 30.7 Å². The molecule has 1 amide bonds. The predicted octanol–water partition coefficient (Wildman–Crippen LogP) is 1.43. The van der Waals surface area contributed by atoms with Gasteiger partial charge in [0.15, 0.2) is 0 Å².